The first kappa shape index (κ1) is 15.6. The van der Waals surface area contributed by atoms with Crippen LogP contribution in [0.4, 0.5) is 11.4 Å². The maximum atomic E-state index is 10.3. The van der Waals surface area contributed by atoms with Crippen LogP contribution in [0.1, 0.15) is 18.4 Å². The van der Waals surface area contributed by atoms with Crippen LogP contribution < -0.4 is 4.74 Å². The summed E-state index contributed by atoms with van der Waals surface area (Å²) < 4.78 is 5.35. The van der Waals surface area contributed by atoms with Gasteiger partial charge < -0.3 is 4.74 Å². The molecule has 0 aliphatic heterocycles. The fourth-order valence-corrected chi connectivity index (χ4v) is 2.05. The van der Waals surface area contributed by atoms with Crippen molar-refractivity contribution in [3.05, 3.63) is 54.1 Å². The number of azo groups is 1. The Morgan fingerprint density at radius 3 is 2.50 bits per heavy atom. The third kappa shape index (κ3) is 4.11. The molecule has 0 amide bonds. The van der Waals surface area contributed by atoms with E-state index in [-0.39, 0.29) is 5.92 Å². The summed E-state index contributed by atoms with van der Waals surface area (Å²) in [5.74, 6) is 0.774. The van der Waals surface area contributed by atoms with Crippen molar-refractivity contribution >= 4 is 17.5 Å². The number of rotatable bonds is 6. The van der Waals surface area contributed by atoms with Crippen molar-refractivity contribution < 1.29 is 9.53 Å². The van der Waals surface area contributed by atoms with Gasteiger partial charge in [0.05, 0.1) is 25.0 Å². The molecule has 0 bridgehead atoms. The van der Waals surface area contributed by atoms with Crippen LogP contribution in [0.2, 0.25) is 0 Å². The van der Waals surface area contributed by atoms with Gasteiger partial charge in [-0.3, -0.25) is 0 Å². The van der Waals surface area contributed by atoms with E-state index in [9.17, 15) is 4.79 Å². The first-order chi connectivity index (χ1) is 10.7. The van der Waals surface area contributed by atoms with Gasteiger partial charge in [0.25, 0.3) is 0 Å². The Balaban J connectivity index is 2.26. The average molecular weight is 295 g/mol. The molecule has 2 aromatic rings. The second-order valence-electron chi connectivity index (χ2n) is 4.79. The number of hydrogen-bond donors (Lipinski definition) is 0. The molecule has 112 valence electrons. The number of ether oxygens (including phenoxy) is 1. The summed E-state index contributed by atoms with van der Waals surface area (Å²) in [6.07, 6.45) is 1.56. The number of benzene rings is 2. The molecule has 0 unspecified atom stereocenters. The number of hydrogen-bond acceptors (Lipinski definition) is 5. The van der Waals surface area contributed by atoms with E-state index in [1.807, 2.05) is 55.5 Å². The molecule has 0 saturated heterocycles. The normalized spacial score (nSPS) is 11.9. The maximum absolute atomic E-state index is 10.3. The molecule has 0 radical (unpaired) electrons. The van der Waals surface area contributed by atoms with Crippen LogP contribution in [0.3, 0.4) is 0 Å². The second-order valence-corrected chi connectivity index (χ2v) is 4.79. The quantitative estimate of drug-likeness (QED) is 0.446. The van der Waals surface area contributed by atoms with Crippen LogP contribution in [-0.4, -0.2) is 19.7 Å². The van der Waals surface area contributed by atoms with E-state index in [4.69, 9.17) is 4.74 Å². The Labute approximate surface area is 129 Å². The van der Waals surface area contributed by atoms with Gasteiger partial charge >= 0.3 is 0 Å². The van der Waals surface area contributed by atoms with E-state index < -0.39 is 0 Å². The molecule has 2 aromatic carbocycles. The molecule has 0 aliphatic carbocycles. The first-order valence-corrected chi connectivity index (χ1v) is 6.93. The van der Waals surface area contributed by atoms with Gasteiger partial charge in [0, 0.05) is 11.5 Å². The minimum absolute atomic E-state index is 0.0308. The maximum Gasteiger partial charge on any atom is 0.234 e. The monoisotopic (exact) mass is 295 g/mol. The Morgan fingerprint density at radius 1 is 1.09 bits per heavy atom. The minimum Gasteiger partial charge on any atom is -0.496 e. The summed E-state index contributed by atoms with van der Waals surface area (Å²) in [5, 5.41) is 8.43. The lowest BCUT2D eigenvalue weighted by Gasteiger charge is -2.13. The van der Waals surface area contributed by atoms with E-state index in [1.165, 1.54) is 0 Å². The van der Waals surface area contributed by atoms with Crippen molar-refractivity contribution in [3.63, 3.8) is 0 Å². The Kier molecular flexibility index (Phi) is 5.57. The molecular formula is C17H17N3O2. The van der Waals surface area contributed by atoms with Crippen LogP contribution in [-0.2, 0) is 4.79 Å². The lowest BCUT2D eigenvalue weighted by Crippen LogP contribution is -2.00. The van der Waals surface area contributed by atoms with Crippen LogP contribution in [0.5, 0.6) is 5.75 Å². The number of aliphatic imine (C=N–C) groups is 1. The van der Waals surface area contributed by atoms with Gasteiger partial charge in [-0.2, -0.15) is 10.2 Å². The molecule has 0 heterocycles. The third-order valence-electron chi connectivity index (χ3n) is 3.21. The summed E-state index contributed by atoms with van der Waals surface area (Å²) in [6, 6.07) is 15.1. The zero-order valence-electron chi connectivity index (χ0n) is 12.6. The van der Waals surface area contributed by atoms with E-state index in [1.54, 1.807) is 13.2 Å². The van der Waals surface area contributed by atoms with Crippen molar-refractivity contribution in [3.8, 4) is 5.75 Å². The van der Waals surface area contributed by atoms with Gasteiger partial charge in [0.2, 0.25) is 6.08 Å². The van der Waals surface area contributed by atoms with Crippen molar-refractivity contribution in [1.82, 2.24) is 0 Å². The zero-order chi connectivity index (χ0) is 15.8. The molecule has 0 aliphatic rings. The molecule has 1 atom stereocenters. The van der Waals surface area contributed by atoms with Crippen LogP contribution in [0.15, 0.2) is 63.8 Å². The lowest BCUT2D eigenvalue weighted by molar-refractivity contribution is 0.407. The van der Waals surface area contributed by atoms with E-state index in [0.717, 1.165) is 22.7 Å². The highest BCUT2D eigenvalue weighted by molar-refractivity contribution is 5.49. The molecular weight excluding hydrogens is 278 g/mol. The van der Waals surface area contributed by atoms with Gasteiger partial charge in [-0.25, -0.2) is 9.79 Å². The Bertz CT molecular complexity index is 692. The molecule has 5 heteroatoms. The summed E-state index contributed by atoms with van der Waals surface area (Å²) in [6.45, 7) is 2.33. The summed E-state index contributed by atoms with van der Waals surface area (Å²) >= 11 is 0. The molecule has 2 rings (SSSR count). The van der Waals surface area contributed by atoms with E-state index in [2.05, 4.69) is 15.2 Å². The van der Waals surface area contributed by atoms with Crippen molar-refractivity contribution in [2.45, 2.75) is 12.8 Å². The van der Waals surface area contributed by atoms with Gasteiger partial charge in [-0.15, -0.1) is 0 Å². The number of methoxy groups -OCH3 is 1. The largest absolute Gasteiger partial charge is 0.496 e. The SMILES string of the molecule is COc1ccc(N=Nc2ccccc2)cc1[C@@H](C)CN=C=O. The highest BCUT2D eigenvalue weighted by Gasteiger charge is 2.12. The highest BCUT2D eigenvalue weighted by atomic mass is 16.5. The van der Waals surface area contributed by atoms with Crippen molar-refractivity contribution in [2.75, 3.05) is 13.7 Å². The highest BCUT2D eigenvalue weighted by Crippen LogP contribution is 2.31. The molecule has 0 spiro atoms. The average Bonchev–Trinajstić information content (AvgIpc) is 2.58. The second kappa shape index (κ2) is 7.86. The van der Waals surface area contributed by atoms with E-state index in [0.29, 0.717) is 6.54 Å². The van der Waals surface area contributed by atoms with Crippen LogP contribution in [0.25, 0.3) is 0 Å². The Hall–Kier alpha value is -2.78. The van der Waals surface area contributed by atoms with Crippen LogP contribution in [0, 0.1) is 0 Å². The van der Waals surface area contributed by atoms with Gasteiger partial charge in [-0.05, 0) is 30.3 Å². The Morgan fingerprint density at radius 2 is 1.82 bits per heavy atom. The molecule has 0 aromatic heterocycles. The first-order valence-electron chi connectivity index (χ1n) is 6.93. The van der Waals surface area contributed by atoms with E-state index >= 15 is 0 Å². The minimum atomic E-state index is 0.0308. The molecule has 0 saturated carbocycles. The van der Waals surface area contributed by atoms with Gasteiger partial charge in [-0.1, -0.05) is 25.1 Å². The predicted molar refractivity (Wildman–Crippen MR) is 85.0 cm³/mol. The van der Waals surface area contributed by atoms with Gasteiger partial charge in [0.1, 0.15) is 5.75 Å². The number of carbonyl (C=O) groups excluding carboxylic acids is 1. The smallest absolute Gasteiger partial charge is 0.234 e. The van der Waals surface area contributed by atoms with Crippen LogP contribution >= 0.6 is 0 Å². The zero-order valence-corrected chi connectivity index (χ0v) is 12.6. The number of isocyanates is 1. The third-order valence-corrected chi connectivity index (χ3v) is 3.21. The van der Waals surface area contributed by atoms with Gasteiger partial charge in [0.15, 0.2) is 0 Å². The molecule has 0 fully saturated rings. The molecule has 0 N–H and O–H groups in total. The summed E-state index contributed by atoms with van der Waals surface area (Å²) in [7, 11) is 1.61. The topological polar surface area (TPSA) is 63.4 Å². The van der Waals surface area contributed by atoms with Crippen molar-refractivity contribution in [2.24, 2.45) is 15.2 Å². The summed E-state index contributed by atoms with van der Waals surface area (Å²) in [4.78, 5) is 13.9. The molecule has 22 heavy (non-hydrogen) atoms. The summed E-state index contributed by atoms with van der Waals surface area (Å²) in [5.41, 5.74) is 2.45. The predicted octanol–water partition coefficient (Wildman–Crippen LogP) is 4.55. The number of nitrogens with zero attached hydrogens (tertiary/aromatic N) is 3. The fourth-order valence-electron chi connectivity index (χ4n) is 2.05. The standard InChI is InChI=1S/C17H17N3O2/c1-13(11-18-12-21)16-10-15(8-9-17(16)22-2)20-19-14-6-4-3-5-7-14/h3-10,13H,11H2,1-2H3/t13-/m0/s1. The lowest BCUT2D eigenvalue weighted by atomic mass is 9.99. The van der Waals surface area contributed by atoms with Crippen molar-refractivity contribution in [1.29, 1.82) is 0 Å². The molecule has 5 nitrogen and oxygen atoms in total. The fraction of sp³-hybridized carbons (Fsp3) is 0.235.